The first-order chi connectivity index (χ1) is 29.9. The van der Waals surface area contributed by atoms with Crippen molar-refractivity contribution in [3.8, 4) is 11.5 Å². The highest BCUT2D eigenvalue weighted by Crippen LogP contribution is 2.34. The third-order valence-corrected chi connectivity index (χ3v) is 10.7. The van der Waals surface area contributed by atoms with Crippen molar-refractivity contribution < 1.29 is 87.9 Å². The first kappa shape index (κ1) is 48.4. The second-order valence-corrected chi connectivity index (χ2v) is 15.4. The Kier molecular flexibility index (Phi) is 17.4. The second-order valence-electron chi connectivity index (χ2n) is 15.4. The van der Waals surface area contributed by atoms with Crippen molar-refractivity contribution in [2.75, 3.05) is 91.6 Å². The number of phenolic OH excluding ortho intramolecular Hbond substituents is 1. The number of carbonyl (C=O) groups is 8. The predicted octanol–water partition coefficient (Wildman–Crippen LogP) is -4.33. The van der Waals surface area contributed by atoms with Gasteiger partial charge in [-0.1, -0.05) is 0 Å². The van der Waals surface area contributed by atoms with Crippen molar-refractivity contribution in [2.45, 2.75) is 49.7 Å². The topological polar surface area (TPSA) is 332 Å². The molecule has 2 saturated heterocycles. The minimum Gasteiger partial charge on any atom is -0.508 e. The Labute approximate surface area is 359 Å². The fraction of sp³-hybridized carbons (Fsp3) is 0.590. The first-order valence-electron chi connectivity index (χ1n) is 20.2. The maximum Gasteiger partial charge on any atom is 0.317 e. The summed E-state index contributed by atoms with van der Waals surface area (Å²) in [7, 11) is 0. The van der Waals surface area contributed by atoms with Gasteiger partial charge < -0.3 is 60.2 Å². The van der Waals surface area contributed by atoms with E-state index in [0.29, 0.717) is 0 Å². The van der Waals surface area contributed by atoms with Gasteiger partial charge in [0.25, 0.3) is 5.95 Å². The highest BCUT2D eigenvalue weighted by Gasteiger charge is 2.52. The number of carbonyl (C=O) groups excluding carboxylic acids is 5. The van der Waals surface area contributed by atoms with Crippen LogP contribution in [0.5, 0.6) is 11.5 Å². The van der Waals surface area contributed by atoms with E-state index >= 15 is 0 Å². The Hall–Kier alpha value is -5.60. The number of nitrogens with zero attached hydrogens (tertiary/aromatic N) is 4. The van der Waals surface area contributed by atoms with E-state index < -0.39 is 89.8 Å². The summed E-state index contributed by atoms with van der Waals surface area (Å²) >= 11 is 0. The number of ketones is 3. The highest BCUT2D eigenvalue weighted by molar-refractivity contribution is 6.44. The number of Topliss-reactive ketones (excluding diaryl/α,β-unsaturated/α-hetero) is 2. The summed E-state index contributed by atoms with van der Waals surface area (Å²) < 4.78 is 22.6. The minimum atomic E-state index is -1.77. The number of aliphatic hydroxyl groups excluding tert-OH is 2. The van der Waals surface area contributed by atoms with E-state index in [0.717, 1.165) is 6.08 Å². The van der Waals surface area contributed by atoms with Crippen molar-refractivity contribution in [1.29, 1.82) is 0 Å². The minimum absolute atomic E-state index is 0.0372. The molecule has 0 bridgehead atoms. The van der Waals surface area contributed by atoms with E-state index in [9.17, 15) is 69.0 Å². The fourth-order valence-electron chi connectivity index (χ4n) is 7.38. The van der Waals surface area contributed by atoms with Gasteiger partial charge in [0.05, 0.1) is 38.4 Å². The van der Waals surface area contributed by atoms with Gasteiger partial charge in [-0.15, -0.1) is 0 Å². The molecule has 7 unspecified atom stereocenters. The fourth-order valence-corrected chi connectivity index (χ4v) is 7.38. The van der Waals surface area contributed by atoms with Crippen LogP contribution in [-0.2, 0) is 52.6 Å². The molecule has 2 amide bonds. The van der Waals surface area contributed by atoms with Gasteiger partial charge in [0.1, 0.15) is 41.8 Å². The van der Waals surface area contributed by atoms with Gasteiger partial charge in [0.2, 0.25) is 23.4 Å². The molecule has 1 saturated carbocycles. The van der Waals surface area contributed by atoms with Crippen LogP contribution in [0.25, 0.3) is 0 Å². The number of ether oxygens (including phenoxy) is 4. The van der Waals surface area contributed by atoms with Gasteiger partial charge in [-0.3, -0.25) is 58.0 Å². The molecule has 346 valence electrons. The number of hydrogen-bond acceptors (Lipinski definition) is 19. The van der Waals surface area contributed by atoms with E-state index in [2.05, 4.69) is 10.6 Å². The van der Waals surface area contributed by atoms with Gasteiger partial charge in [-0.05, 0) is 24.3 Å². The van der Waals surface area contributed by atoms with Gasteiger partial charge in [-0.2, -0.15) is 0 Å². The molecule has 3 heterocycles. The molecule has 7 atom stereocenters. The lowest BCUT2D eigenvalue weighted by Gasteiger charge is -2.40. The Balaban J connectivity index is 1.11. The number of aromatic hydroxyl groups is 1. The van der Waals surface area contributed by atoms with E-state index in [1.807, 2.05) is 0 Å². The molecule has 3 fully saturated rings. The SMILES string of the molecule is O=C(O)CN1CCN(CC(=O)O)CCN(CC(=O)NCCNC(=O)C2CC(O)C(O)C(OC3CC4OC(Oc5ccc(O)cc5)=CC(=O)C4C(=O)C3=O)O2)CCN(CC(=O)O)CC1. The molecule has 24 heteroatoms. The van der Waals surface area contributed by atoms with Crippen LogP contribution in [0.1, 0.15) is 12.8 Å². The molecule has 1 aromatic rings. The second kappa shape index (κ2) is 22.7. The Morgan fingerprint density at radius 3 is 1.73 bits per heavy atom. The molecule has 24 nitrogen and oxygen atoms in total. The predicted molar refractivity (Wildman–Crippen MR) is 210 cm³/mol. The maximum absolute atomic E-state index is 13.1. The summed E-state index contributed by atoms with van der Waals surface area (Å²) in [5.74, 6) is -9.05. The van der Waals surface area contributed by atoms with E-state index in [-0.39, 0.29) is 122 Å². The smallest absolute Gasteiger partial charge is 0.317 e. The standard InChI is InChI=1S/C39H52N6O18/c46-22-1-3-23(4-2-22)60-33-16-24(47)34-26(61-33)17-27(36(57)37(34)58)62-39-35(56)25(48)15-28(63-39)38(59)41-6-5-40-29(49)18-42-7-9-43(19-30(50)51)11-13-45(21-32(54)55)14-12-44(10-8-42)20-31(52)53/h1-4,16,25-28,34-35,39,46,48,56H,5-15,17-21H2,(H,40,49)(H,41,59)(H,50,51)(H,52,53)(H,54,55). The van der Waals surface area contributed by atoms with E-state index in [4.69, 9.17) is 18.9 Å². The molecule has 0 spiro atoms. The number of allylic oxidation sites excluding steroid dienone is 1. The normalized spacial score (nSPS) is 27.1. The van der Waals surface area contributed by atoms with Crippen LogP contribution in [0.15, 0.2) is 36.3 Å². The van der Waals surface area contributed by atoms with Crippen LogP contribution in [-0.4, -0.2) is 226 Å². The Bertz CT molecular complexity index is 1850. The van der Waals surface area contributed by atoms with Crippen molar-refractivity contribution in [1.82, 2.24) is 30.2 Å². The lowest BCUT2D eigenvalue weighted by molar-refractivity contribution is -0.276. The lowest BCUT2D eigenvalue weighted by Crippen LogP contribution is -2.58. The zero-order valence-electron chi connectivity index (χ0n) is 34.1. The number of aliphatic carboxylic acids is 3. The van der Waals surface area contributed by atoms with Gasteiger partial charge in [0, 0.05) is 78.3 Å². The van der Waals surface area contributed by atoms with Crippen LogP contribution in [0, 0.1) is 5.92 Å². The molecule has 1 aromatic carbocycles. The lowest BCUT2D eigenvalue weighted by atomic mass is 9.79. The van der Waals surface area contributed by atoms with Crippen LogP contribution in [0.3, 0.4) is 0 Å². The molecule has 8 N–H and O–H groups in total. The van der Waals surface area contributed by atoms with E-state index in [1.54, 1.807) is 19.6 Å². The molecule has 63 heavy (non-hydrogen) atoms. The van der Waals surface area contributed by atoms with Crippen LogP contribution in [0.2, 0.25) is 0 Å². The maximum atomic E-state index is 13.1. The number of nitrogens with one attached hydrogen (secondary N) is 2. The highest BCUT2D eigenvalue weighted by atomic mass is 16.7. The summed E-state index contributed by atoms with van der Waals surface area (Å²) in [6.07, 6.45) is -9.12. The number of fused-ring (bicyclic) bond motifs is 1. The van der Waals surface area contributed by atoms with Gasteiger partial charge in [-0.25, -0.2) is 0 Å². The zero-order chi connectivity index (χ0) is 45.8. The largest absolute Gasteiger partial charge is 0.508 e. The number of carboxylic acid groups (broad SMARTS) is 3. The first-order valence-corrected chi connectivity index (χ1v) is 20.2. The summed E-state index contributed by atoms with van der Waals surface area (Å²) in [6, 6.07) is 5.48. The molecule has 4 aliphatic rings. The Morgan fingerprint density at radius 2 is 1.21 bits per heavy atom. The number of aliphatic hydroxyl groups is 2. The van der Waals surface area contributed by atoms with Crippen molar-refractivity contribution in [3.05, 3.63) is 36.3 Å². The summed E-state index contributed by atoms with van der Waals surface area (Å²) in [4.78, 5) is 106. The van der Waals surface area contributed by atoms with Crippen molar-refractivity contribution in [2.24, 2.45) is 5.92 Å². The van der Waals surface area contributed by atoms with Crippen LogP contribution >= 0.6 is 0 Å². The van der Waals surface area contributed by atoms with Gasteiger partial charge in [0.15, 0.2) is 12.1 Å². The third-order valence-electron chi connectivity index (χ3n) is 10.7. The number of carboxylic acids is 3. The van der Waals surface area contributed by atoms with Crippen molar-refractivity contribution >= 4 is 47.1 Å². The van der Waals surface area contributed by atoms with Gasteiger partial charge >= 0.3 is 17.9 Å². The average Bonchev–Trinajstić information content (AvgIpc) is 3.21. The molecule has 1 aliphatic carbocycles. The third kappa shape index (κ3) is 14.5. The number of rotatable bonds is 16. The monoisotopic (exact) mass is 892 g/mol. The average molecular weight is 893 g/mol. The van der Waals surface area contributed by atoms with E-state index in [1.165, 1.54) is 24.3 Å². The van der Waals surface area contributed by atoms with Crippen molar-refractivity contribution in [3.63, 3.8) is 0 Å². The number of benzene rings is 1. The molecule has 0 aromatic heterocycles. The molecular weight excluding hydrogens is 840 g/mol. The van der Waals surface area contributed by atoms with Crippen LogP contribution < -0.4 is 15.4 Å². The summed E-state index contributed by atoms with van der Waals surface area (Å²) in [5, 5.41) is 64.2. The number of amides is 2. The zero-order valence-corrected chi connectivity index (χ0v) is 34.1. The molecular formula is C39H52N6O18. The summed E-state index contributed by atoms with van der Waals surface area (Å²) in [6.45, 7) is 0.377. The molecule has 5 rings (SSSR count). The Morgan fingerprint density at radius 1 is 0.698 bits per heavy atom. The molecule has 3 aliphatic heterocycles. The number of phenols is 1. The quantitative estimate of drug-likeness (QED) is 0.0442. The molecule has 0 radical (unpaired) electrons. The van der Waals surface area contributed by atoms with Crippen LogP contribution in [0.4, 0.5) is 0 Å². The summed E-state index contributed by atoms with van der Waals surface area (Å²) in [5.41, 5.74) is 0. The number of hydrogen-bond donors (Lipinski definition) is 8.